The van der Waals surface area contributed by atoms with Crippen LogP contribution in [-0.2, 0) is 14.8 Å². The Morgan fingerprint density at radius 1 is 1.10 bits per heavy atom. The summed E-state index contributed by atoms with van der Waals surface area (Å²) in [6.07, 6.45) is 2.82. The van der Waals surface area contributed by atoms with Gasteiger partial charge in [0.1, 0.15) is 11.5 Å². The summed E-state index contributed by atoms with van der Waals surface area (Å²) in [6, 6.07) is 9.59. The summed E-state index contributed by atoms with van der Waals surface area (Å²) in [4.78, 5) is 12.5. The molecule has 0 unspecified atom stereocenters. The Kier molecular flexibility index (Phi) is 7.23. The molecule has 0 radical (unpaired) electrons. The number of amides is 1. The van der Waals surface area contributed by atoms with Gasteiger partial charge in [-0.05, 0) is 61.7 Å². The quantitative estimate of drug-likeness (QED) is 0.689. The van der Waals surface area contributed by atoms with Gasteiger partial charge < -0.3 is 14.8 Å². The summed E-state index contributed by atoms with van der Waals surface area (Å²) in [6.45, 7) is 2.61. The average molecular weight is 453 g/mol. The SMILES string of the molecule is COc1ccc(Cl)cc1NC(=O)COc1ccc(S(=O)(=O)N2CCCCC2)cc1C. The smallest absolute Gasteiger partial charge is 0.262 e. The molecule has 0 saturated carbocycles. The number of anilines is 1. The Labute approximate surface area is 182 Å². The van der Waals surface area contributed by atoms with E-state index >= 15 is 0 Å². The first-order valence-corrected chi connectivity index (χ1v) is 11.5. The van der Waals surface area contributed by atoms with E-state index in [1.165, 1.54) is 17.5 Å². The van der Waals surface area contributed by atoms with Gasteiger partial charge in [0.05, 0.1) is 17.7 Å². The highest BCUT2D eigenvalue weighted by molar-refractivity contribution is 7.89. The normalized spacial score (nSPS) is 14.9. The molecule has 0 aliphatic carbocycles. The van der Waals surface area contributed by atoms with Crippen LogP contribution in [0.15, 0.2) is 41.3 Å². The Morgan fingerprint density at radius 2 is 1.80 bits per heavy atom. The lowest BCUT2D eigenvalue weighted by Crippen LogP contribution is -2.35. The lowest BCUT2D eigenvalue weighted by atomic mass is 10.2. The van der Waals surface area contributed by atoms with E-state index in [2.05, 4.69) is 5.32 Å². The van der Waals surface area contributed by atoms with Crippen molar-refractivity contribution >= 4 is 33.2 Å². The molecule has 0 bridgehead atoms. The van der Waals surface area contributed by atoms with Crippen molar-refractivity contribution in [3.8, 4) is 11.5 Å². The zero-order chi connectivity index (χ0) is 21.7. The number of nitrogens with zero attached hydrogens (tertiary/aromatic N) is 1. The first-order valence-electron chi connectivity index (χ1n) is 9.68. The Hall–Kier alpha value is -2.29. The zero-order valence-electron chi connectivity index (χ0n) is 17.0. The minimum Gasteiger partial charge on any atom is -0.495 e. The first kappa shape index (κ1) is 22.4. The van der Waals surface area contributed by atoms with E-state index in [1.807, 2.05) is 0 Å². The van der Waals surface area contributed by atoms with E-state index < -0.39 is 10.0 Å². The molecule has 7 nitrogen and oxygen atoms in total. The second-order valence-electron chi connectivity index (χ2n) is 7.07. The number of benzene rings is 2. The van der Waals surface area contributed by atoms with Crippen LogP contribution in [0.5, 0.6) is 11.5 Å². The summed E-state index contributed by atoms with van der Waals surface area (Å²) >= 11 is 5.97. The van der Waals surface area contributed by atoms with Gasteiger partial charge in [0.25, 0.3) is 5.91 Å². The molecule has 30 heavy (non-hydrogen) atoms. The van der Waals surface area contributed by atoms with Gasteiger partial charge in [0, 0.05) is 18.1 Å². The molecule has 1 amide bonds. The van der Waals surface area contributed by atoms with Crippen LogP contribution in [0.4, 0.5) is 5.69 Å². The van der Waals surface area contributed by atoms with Gasteiger partial charge in [0.2, 0.25) is 10.0 Å². The van der Waals surface area contributed by atoms with E-state index in [9.17, 15) is 13.2 Å². The molecule has 9 heteroatoms. The zero-order valence-corrected chi connectivity index (χ0v) is 18.6. The summed E-state index contributed by atoms with van der Waals surface area (Å²) in [7, 11) is -2.01. The highest BCUT2D eigenvalue weighted by Crippen LogP contribution is 2.28. The molecule has 1 fully saturated rings. The number of ether oxygens (including phenoxy) is 2. The third-order valence-electron chi connectivity index (χ3n) is 4.89. The van der Waals surface area contributed by atoms with Gasteiger partial charge in [-0.15, -0.1) is 0 Å². The average Bonchev–Trinajstić information content (AvgIpc) is 2.73. The van der Waals surface area contributed by atoms with Gasteiger partial charge >= 0.3 is 0 Å². The van der Waals surface area contributed by atoms with Crippen LogP contribution in [0.3, 0.4) is 0 Å². The van der Waals surface area contributed by atoms with Gasteiger partial charge in [-0.2, -0.15) is 4.31 Å². The molecule has 0 spiro atoms. The van der Waals surface area contributed by atoms with Crippen molar-refractivity contribution in [2.24, 2.45) is 0 Å². The topological polar surface area (TPSA) is 84.9 Å². The number of halogens is 1. The van der Waals surface area contributed by atoms with Crippen LogP contribution in [-0.4, -0.2) is 45.4 Å². The number of methoxy groups -OCH3 is 1. The fraction of sp³-hybridized carbons (Fsp3) is 0.381. The molecule has 3 rings (SSSR count). The lowest BCUT2D eigenvalue weighted by molar-refractivity contribution is -0.118. The Bertz CT molecular complexity index is 1020. The fourth-order valence-electron chi connectivity index (χ4n) is 3.31. The highest BCUT2D eigenvalue weighted by Gasteiger charge is 2.26. The molecule has 1 N–H and O–H groups in total. The van der Waals surface area contributed by atoms with Crippen molar-refractivity contribution in [3.63, 3.8) is 0 Å². The molecular weight excluding hydrogens is 428 g/mol. The Morgan fingerprint density at radius 3 is 2.47 bits per heavy atom. The lowest BCUT2D eigenvalue weighted by Gasteiger charge is -2.26. The first-order chi connectivity index (χ1) is 14.3. The maximum atomic E-state index is 12.8. The molecule has 1 saturated heterocycles. The number of nitrogens with one attached hydrogen (secondary N) is 1. The second kappa shape index (κ2) is 9.68. The number of hydrogen-bond acceptors (Lipinski definition) is 5. The van der Waals surface area contributed by atoms with Crippen molar-refractivity contribution in [2.75, 3.05) is 32.1 Å². The van der Waals surface area contributed by atoms with Crippen molar-refractivity contribution in [2.45, 2.75) is 31.1 Å². The van der Waals surface area contributed by atoms with Gasteiger partial charge in [-0.25, -0.2) is 8.42 Å². The fourth-order valence-corrected chi connectivity index (χ4v) is 5.08. The van der Waals surface area contributed by atoms with Crippen LogP contribution in [0, 0.1) is 6.92 Å². The van der Waals surface area contributed by atoms with Crippen molar-refractivity contribution in [1.29, 1.82) is 0 Å². The summed E-state index contributed by atoms with van der Waals surface area (Å²) in [5.41, 5.74) is 1.08. The van der Waals surface area contributed by atoms with Gasteiger partial charge in [0.15, 0.2) is 6.61 Å². The summed E-state index contributed by atoms with van der Waals surface area (Å²) in [5, 5.41) is 3.16. The summed E-state index contributed by atoms with van der Waals surface area (Å²) < 4.78 is 37.9. The minimum atomic E-state index is -3.51. The van der Waals surface area contributed by atoms with E-state index in [4.69, 9.17) is 21.1 Å². The van der Waals surface area contributed by atoms with Crippen LogP contribution in [0.2, 0.25) is 5.02 Å². The highest BCUT2D eigenvalue weighted by atomic mass is 35.5. The molecule has 2 aromatic carbocycles. The maximum absolute atomic E-state index is 12.8. The minimum absolute atomic E-state index is 0.238. The van der Waals surface area contributed by atoms with Crippen LogP contribution < -0.4 is 14.8 Å². The van der Waals surface area contributed by atoms with Gasteiger partial charge in [-0.1, -0.05) is 18.0 Å². The number of sulfonamides is 1. The monoisotopic (exact) mass is 452 g/mol. The number of rotatable bonds is 7. The third-order valence-corrected chi connectivity index (χ3v) is 7.02. The molecule has 1 aliphatic heterocycles. The molecule has 2 aromatic rings. The van der Waals surface area contributed by atoms with Crippen LogP contribution in [0.25, 0.3) is 0 Å². The largest absolute Gasteiger partial charge is 0.495 e. The predicted octanol–water partition coefficient (Wildman–Crippen LogP) is 3.85. The van der Waals surface area contributed by atoms with Crippen LogP contribution >= 0.6 is 11.6 Å². The number of carbonyl (C=O) groups is 1. The molecule has 1 aliphatic rings. The number of carbonyl (C=O) groups excluding carboxylic acids is 1. The summed E-state index contributed by atoms with van der Waals surface area (Å²) in [5.74, 6) is 0.539. The second-order valence-corrected chi connectivity index (χ2v) is 9.45. The third kappa shape index (κ3) is 5.24. The van der Waals surface area contributed by atoms with E-state index in [-0.39, 0.29) is 17.4 Å². The van der Waals surface area contributed by atoms with Crippen LogP contribution in [0.1, 0.15) is 24.8 Å². The van der Waals surface area contributed by atoms with Crippen molar-refractivity contribution < 1.29 is 22.7 Å². The number of aryl methyl sites for hydroxylation is 1. The number of hydrogen-bond donors (Lipinski definition) is 1. The molecule has 0 atom stereocenters. The van der Waals surface area contributed by atoms with E-state index in [0.29, 0.717) is 40.9 Å². The molecule has 1 heterocycles. The number of piperidine rings is 1. The molecule has 0 aromatic heterocycles. The van der Waals surface area contributed by atoms with E-state index in [0.717, 1.165) is 19.3 Å². The van der Waals surface area contributed by atoms with E-state index in [1.54, 1.807) is 37.3 Å². The maximum Gasteiger partial charge on any atom is 0.262 e. The van der Waals surface area contributed by atoms with Gasteiger partial charge in [-0.3, -0.25) is 4.79 Å². The Balaban J connectivity index is 1.65. The molecular formula is C21H25ClN2O5S. The predicted molar refractivity (Wildman–Crippen MR) is 116 cm³/mol. The van der Waals surface area contributed by atoms with Crippen molar-refractivity contribution in [1.82, 2.24) is 4.31 Å². The van der Waals surface area contributed by atoms with Crippen molar-refractivity contribution in [3.05, 3.63) is 47.0 Å². The standard InChI is InChI=1S/C21H25ClN2O5S/c1-15-12-17(30(26,27)24-10-4-3-5-11-24)7-9-19(15)29-14-21(25)23-18-13-16(22)6-8-20(18)28-2/h6-9,12-13H,3-5,10-11,14H2,1-2H3,(H,23,25). The molecule has 162 valence electrons.